The molecule has 0 aliphatic rings. The van der Waals surface area contributed by atoms with E-state index < -0.39 is 0 Å². The van der Waals surface area contributed by atoms with Crippen LogP contribution in [-0.2, 0) is 6.54 Å². The van der Waals surface area contributed by atoms with Crippen molar-refractivity contribution in [3.63, 3.8) is 0 Å². The van der Waals surface area contributed by atoms with Gasteiger partial charge in [-0.1, -0.05) is 43.7 Å². The average molecular weight is 352 g/mol. The quantitative estimate of drug-likeness (QED) is 0.774. The summed E-state index contributed by atoms with van der Waals surface area (Å²) >= 11 is 0. The molecule has 0 aromatic heterocycles. The van der Waals surface area contributed by atoms with Crippen molar-refractivity contribution in [1.29, 1.82) is 0 Å². The molecule has 0 saturated heterocycles. The molecule has 0 radical (unpaired) electrons. The highest BCUT2D eigenvalue weighted by Gasteiger charge is 2.15. The van der Waals surface area contributed by atoms with Crippen molar-refractivity contribution in [2.45, 2.75) is 40.2 Å². The van der Waals surface area contributed by atoms with E-state index in [1.807, 2.05) is 30.0 Å². The number of nitrogens with one attached hydrogen (secondary N) is 1. The summed E-state index contributed by atoms with van der Waals surface area (Å²) in [4.78, 5) is 26.8. The molecule has 1 N–H and O–H groups in total. The Morgan fingerprint density at radius 2 is 1.54 bits per heavy atom. The second-order valence-electron chi connectivity index (χ2n) is 6.54. The Kier molecular flexibility index (Phi) is 7.39. The number of benzene rings is 2. The summed E-state index contributed by atoms with van der Waals surface area (Å²) in [6.45, 7) is 8.16. The fraction of sp³-hybridized carbons (Fsp3) is 0.364. The van der Waals surface area contributed by atoms with Gasteiger partial charge in [0.2, 0.25) is 0 Å². The van der Waals surface area contributed by atoms with E-state index in [4.69, 9.17) is 0 Å². The second-order valence-corrected chi connectivity index (χ2v) is 6.54. The second kappa shape index (κ2) is 9.76. The monoisotopic (exact) mass is 352 g/mol. The Hall–Kier alpha value is -2.62. The van der Waals surface area contributed by atoms with Crippen molar-refractivity contribution in [3.8, 4) is 0 Å². The first-order valence-corrected chi connectivity index (χ1v) is 9.28. The Labute approximate surface area is 156 Å². The summed E-state index contributed by atoms with van der Waals surface area (Å²) in [7, 11) is 0. The van der Waals surface area contributed by atoms with Crippen LogP contribution in [0, 0.1) is 6.92 Å². The maximum atomic E-state index is 12.6. The van der Waals surface area contributed by atoms with Crippen molar-refractivity contribution in [3.05, 3.63) is 70.8 Å². The van der Waals surface area contributed by atoms with Gasteiger partial charge in [0, 0.05) is 30.8 Å². The van der Waals surface area contributed by atoms with E-state index in [9.17, 15) is 9.59 Å². The zero-order valence-corrected chi connectivity index (χ0v) is 15.9. The molecular formula is C22H28N2O2. The molecule has 138 valence electrons. The Balaban J connectivity index is 1.99. The molecule has 0 fully saturated rings. The molecule has 0 aliphatic carbocycles. The van der Waals surface area contributed by atoms with Crippen molar-refractivity contribution >= 4 is 11.8 Å². The fourth-order valence-corrected chi connectivity index (χ4v) is 2.91. The van der Waals surface area contributed by atoms with Gasteiger partial charge < -0.3 is 10.2 Å². The molecule has 0 saturated carbocycles. The van der Waals surface area contributed by atoms with Crippen LogP contribution >= 0.6 is 0 Å². The predicted molar refractivity (Wildman–Crippen MR) is 105 cm³/mol. The molecule has 2 amide bonds. The molecule has 0 unspecified atom stereocenters. The summed E-state index contributed by atoms with van der Waals surface area (Å²) in [5, 5.41) is 2.92. The van der Waals surface area contributed by atoms with Crippen molar-refractivity contribution in [2.24, 2.45) is 0 Å². The van der Waals surface area contributed by atoms with Crippen molar-refractivity contribution in [2.75, 3.05) is 13.1 Å². The van der Waals surface area contributed by atoms with Crippen LogP contribution in [0.25, 0.3) is 0 Å². The van der Waals surface area contributed by atoms with Crippen LogP contribution in [0.5, 0.6) is 0 Å². The summed E-state index contributed by atoms with van der Waals surface area (Å²) < 4.78 is 0. The lowest BCUT2D eigenvalue weighted by Crippen LogP contribution is -2.32. The standard InChI is InChI=1S/C22H28N2O2/c1-4-13-24(14-5-2)22(26)20-11-9-19(10-12-20)21(25)23-16-18-8-6-7-17(3)15-18/h6-12,15H,4-5,13-14,16H2,1-3H3,(H,23,25). The van der Waals surface area contributed by atoms with Gasteiger partial charge in [-0.2, -0.15) is 0 Å². The van der Waals surface area contributed by atoms with Gasteiger partial charge in [-0.25, -0.2) is 0 Å². The molecule has 26 heavy (non-hydrogen) atoms. The number of aryl methyl sites for hydroxylation is 1. The molecule has 4 heteroatoms. The van der Waals surface area contributed by atoms with Crippen molar-refractivity contribution < 1.29 is 9.59 Å². The van der Waals surface area contributed by atoms with E-state index in [1.54, 1.807) is 24.3 Å². The van der Waals surface area contributed by atoms with Crippen LogP contribution in [-0.4, -0.2) is 29.8 Å². The van der Waals surface area contributed by atoms with E-state index in [0.717, 1.165) is 31.5 Å². The van der Waals surface area contributed by atoms with Crippen molar-refractivity contribution in [1.82, 2.24) is 10.2 Å². The third-order valence-corrected chi connectivity index (χ3v) is 4.20. The molecule has 0 spiro atoms. The van der Waals surface area contributed by atoms with E-state index in [2.05, 4.69) is 25.2 Å². The van der Waals surface area contributed by atoms with Gasteiger partial charge in [0.1, 0.15) is 0 Å². The molecule has 2 rings (SSSR count). The van der Waals surface area contributed by atoms with Crippen LogP contribution in [0.4, 0.5) is 0 Å². The molecule has 0 atom stereocenters. The molecule has 2 aromatic carbocycles. The molecule has 2 aromatic rings. The lowest BCUT2D eigenvalue weighted by molar-refractivity contribution is 0.0755. The third-order valence-electron chi connectivity index (χ3n) is 4.20. The normalized spacial score (nSPS) is 10.4. The van der Waals surface area contributed by atoms with Gasteiger partial charge in [-0.3, -0.25) is 9.59 Å². The van der Waals surface area contributed by atoms with Crippen LogP contribution in [0.3, 0.4) is 0 Å². The first kappa shape index (κ1) is 19.7. The lowest BCUT2D eigenvalue weighted by atomic mass is 10.1. The van der Waals surface area contributed by atoms with E-state index in [1.165, 1.54) is 5.56 Å². The SMILES string of the molecule is CCCN(CCC)C(=O)c1ccc(C(=O)NCc2cccc(C)c2)cc1. The zero-order valence-electron chi connectivity index (χ0n) is 15.9. The smallest absolute Gasteiger partial charge is 0.253 e. The molecule has 0 bridgehead atoms. The van der Waals surface area contributed by atoms with Gasteiger partial charge in [-0.05, 0) is 49.6 Å². The summed E-state index contributed by atoms with van der Waals surface area (Å²) in [6, 6.07) is 15.0. The third kappa shape index (κ3) is 5.45. The maximum absolute atomic E-state index is 12.6. The maximum Gasteiger partial charge on any atom is 0.253 e. The Morgan fingerprint density at radius 1 is 0.923 bits per heavy atom. The number of rotatable bonds is 8. The van der Waals surface area contributed by atoms with Gasteiger partial charge in [-0.15, -0.1) is 0 Å². The highest BCUT2D eigenvalue weighted by Crippen LogP contribution is 2.10. The molecule has 0 heterocycles. The van der Waals surface area contributed by atoms with Crippen LogP contribution < -0.4 is 5.32 Å². The number of amides is 2. The average Bonchev–Trinajstić information content (AvgIpc) is 2.65. The fourth-order valence-electron chi connectivity index (χ4n) is 2.91. The lowest BCUT2D eigenvalue weighted by Gasteiger charge is -2.21. The van der Waals surface area contributed by atoms with E-state index in [0.29, 0.717) is 17.7 Å². The number of carbonyl (C=O) groups excluding carboxylic acids is 2. The number of hydrogen-bond donors (Lipinski definition) is 1. The van der Waals surface area contributed by atoms with Crippen LogP contribution in [0.1, 0.15) is 58.5 Å². The number of hydrogen-bond acceptors (Lipinski definition) is 2. The van der Waals surface area contributed by atoms with Gasteiger partial charge in [0.05, 0.1) is 0 Å². The minimum atomic E-state index is -0.135. The molecule has 0 aliphatic heterocycles. The number of carbonyl (C=O) groups is 2. The van der Waals surface area contributed by atoms with Gasteiger partial charge >= 0.3 is 0 Å². The first-order valence-electron chi connectivity index (χ1n) is 9.28. The highest BCUT2D eigenvalue weighted by molar-refractivity contribution is 5.97. The number of nitrogens with zero attached hydrogens (tertiary/aromatic N) is 1. The van der Waals surface area contributed by atoms with E-state index in [-0.39, 0.29) is 11.8 Å². The highest BCUT2D eigenvalue weighted by atomic mass is 16.2. The largest absolute Gasteiger partial charge is 0.348 e. The topological polar surface area (TPSA) is 49.4 Å². The minimum absolute atomic E-state index is 0.0282. The van der Waals surface area contributed by atoms with Gasteiger partial charge in [0.15, 0.2) is 0 Å². The zero-order chi connectivity index (χ0) is 18.9. The van der Waals surface area contributed by atoms with Crippen LogP contribution in [0.2, 0.25) is 0 Å². The van der Waals surface area contributed by atoms with Gasteiger partial charge in [0.25, 0.3) is 11.8 Å². The Morgan fingerprint density at radius 3 is 2.12 bits per heavy atom. The minimum Gasteiger partial charge on any atom is -0.348 e. The Bertz CT molecular complexity index is 732. The summed E-state index contributed by atoms with van der Waals surface area (Å²) in [6.07, 6.45) is 1.87. The first-order chi connectivity index (χ1) is 12.5. The van der Waals surface area contributed by atoms with E-state index >= 15 is 0 Å². The molecule has 4 nitrogen and oxygen atoms in total. The summed E-state index contributed by atoms with van der Waals surface area (Å²) in [5.41, 5.74) is 3.43. The summed E-state index contributed by atoms with van der Waals surface area (Å²) in [5.74, 6) is -0.107. The predicted octanol–water partition coefficient (Wildman–Crippen LogP) is 4.19. The molecular weight excluding hydrogens is 324 g/mol. The van der Waals surface area contributed by atoms with Crippen LogP contribution in [0.15, 0.2) is 48.5 Å².